The maximum Gasteiger partial charge on any atom is 0.130 e. The Kier molecular flexibility index (Phi) is 4.15. The fourth-order valence-corrected chi connectivity index (χ4v) is 1.98. The van der Waals surface area contributed by atoms with Crippen LogP contribution in [-0.2, 0) is 11.2 Å². The molecule has 0 bridgehead atoms. The summed E-state index contributed by atoms with van der Waals surface area (Å²) in [7, 11) is 0. The van der Waals surface area contributed by atoms with Crippen LogP contribution in [0.4, 0.5) is 0 Å². The molecular weight excluding hydrogens is 236 g/mol. The normalized spacial score (nSPS) is 10.9. The molecule has 1 N–H and O–H groups in total. The minimum atomic E-state index is 0.194. The highest BCUT2D eigenvalue weighted by Crippen LogP contribution is 2.21. The van der Waals surface area contributed by atoms with E-state index in [1.54, 1.807) is 6.92 Å². The van der Waals surface area contributed by atoms with Gasteiger partial charge in [-0.15, -0.1) is 0 Å². The number of hydrogen-bond donors (Lipinski definition) is 1. The SMILES string of the molecule is CC(=O)CCc1ncc(-c2ccc(C(C)C)cc2)[nH]1. The second-order valence-electron chi connectivity index (χ2n) is 5.22. The van der Waals surface area contributed by atoms with Gasteiger partial charge in [0.25, 0.3) is 0 Å². The van der Waals surface area contributed by atoms with Crippen LogP contribution >= 0.6 is 0 Å². The first-order valence-corrected chi connectivity index (χ1v) is 6.70. The lowest BCUT2D eigenvalue weighted by Crippen LogP contribution is -1.95. The van der Waals surface area contributed by atoms with Crippen molar-refractivity contribution in [2.75, 3.05) is 0 Å². The van der Waals surface area contributed by atoms with Gasteiger partial charge in [-0.05, 0) is 24.0 Å². The summed E-state index contributed by atoms with van der Waals surface area (Å²) in [5.74, 6) is 1.61. The van der Waals surface area contributed by atoms with Crippen molar-refractivity contribution >= 4 is 5.78 Å². The van der Waals surface area contributed by atoms with Crippen LogP contribution in [-0.4, -0.2) is 15.8 Å². The van der Waals surface area contributed by atoms with Gasteiger partial charge in [0, 0.05) is 12.8 Å². The molecule has 0 fully saturated rings. The van der Waals surface area contributed by atoms with E-state index in [4.69, 9.17) is 0 Å². The molecule has 0 aliphatic rings. The van der Waals surface area contributed by atoms with E-state index in [2.05, 4.69) is 48.1 Å². The fraction of sp³-hybridized carbons (Fsp3) is 0.375. The van der Waals surface area contributed by atoms with E-state index in [-0.39, 0.29) is 5.78 Å². The van der Waals surface area contributed by atoms with E-state index in [9.17, 15) is 4.79 Å². The Labute approximate surface area is 114 Å². The molecule has 2 aromatic rings. The number of ketones is 1. The lowest BCUT2D eigenvalue weighted by Gasteiger charge is -2.05. The number of nitrogens with one attached hydrogen (secondary N) is 1. The number of H-pyrrole nitrogens is 1. The molecule has 19 heavy (non-hydrogen) atoms. The summed E-state index contributed by atoms with van der Waals surface area (Å²) < 4.78 is 0. The maximum absolute atomic E-state index is 11.0. The van der Waals surface area contributed by atoms with Crippen LogP contribution in [0.3, 0.4) is 0 Å². The Morgan fingerprint density at radius 2 is 1.95 bits per heavy atom. The number of nitrogens with zero attached hydrogens (tertiary/aromatic N) is 1. The Morgan fingerprint density at radius 1 is 1.26 bits per heavy atom. The zero-order chi connectivity index (χ0) is 13.8. The van der Waals surface area contributed by atoms with Crippen molar-refractivity contribution in [3.8, 4) is 11.3 Å². The minimum Gasteiger partial charge on any atom is -0.342 e. The topological polar surface area (TPSA) is 45.8 Å². The highest BCUT2D eigenvalue weighted by molar-refractivity contribution is 5.75. The molecule has 0 spiro atoms. The zero-order valence-corrected chi connectivity index (χ0v) is 11.7. The van der Waals surface area contributed by atoms with E-state index in [0.717, 1.165) is 17.1 Å². The van der Waals surface area contributed by atoms with E-state index in [1.807, 2.05) is 6.20 Å². The molecule has 0 amide bonds. The van der Waals surface area contributed by atoms with Crippen molar-refractivity contribution in [2.24, 2.45) is 0 Å². The summed E-state index contributed by atoms with van der Waals surface area (Å²) in [6.07, 6.45) is 3.05. The molecule has 0 radical (unpaired) electrons. The second kappa shape index (κ2) is 5.83. The lowest BCUT2D eigenvalue weighted by atomic mass is 10.0. The van der Waals surface area contributed by atoms with Gasteiger partial charge in [-0.2, -0.15) is 0 Å². The number of carbonyl (C=O) groups is 1. The Hall–Kier alpha value is -1.90. The number of benzene rings is 1. The lowest BCUT2D eigenvalue weighted by molar-refractivity contribution is -0.117. The first kappa shape index (κ1) is 13.5. The second-order valence-corrected chi connectivity index (χ2v) is 5.22. The highest BCUT2D eigenvalue weighted by atomic mass is 16.1. The average molecular weight is 256 g/mol. The smallest absolute Gasteiger partial charge is 0.130 e. The van der Waals surface area contributed by atoms with Gasteiger partial charge in [0.2, 0.25) is 0 Å². The number of aromatic amines is 1. The minimum absolute atomic E-state index is 0.194. The molecule has 0 unspecified atom stereocenters. The van der Waals surface area contributed by atoms with Gasteiger partial charge >= 0.3 is 0 Å². The summed E-state index contributed by atoms with van der Waals surface area (Å²) in [4.78, 5) is 18.5. The van der Waals surface area contributed by atoms with Crippen LogP contribution in [0.2, 0.25) is 0 Å². The van der Waals surface area contributed by atoms with Crippen LogP contribution in [0, 0.1) is 0 Å². The third kappa shape index (κ3) is 3.53. The molecule has 0 saturated heterocycles. The number of carbonyl (C=O) groups excluding carboxylic acids is 1. The summed E-state index contributed by atoms with van der Waals surface area (Å²) in [5.41, 5.74) is 3.47. The molecule has 0 aliphatic carbocycles. The summed E-state index contributed by atoms with van der Waals surface area (Å²) in [6, 6.07) is 8.52. The molecule has 2 rings (SSSR count). The van der Waals surface area contributed by atoms with Gasteiger partial charge in [0.15, 0.2) is 0 Å². The number of aryl methyl sites for hydroxylation is 1. The van der Waals surface area contributed by atoms with Gasteiger partial charge < -0.3 is 9.78 Å². The molecule has 3 nitrogen and oxygen atoms in total. The molecule has 100 valence electrons. The third-order valence-electron chi connectivity index (χ3n) is 3.23. The summed E-state index contributed by atoms with van der Waals surface area (Å²) in [6.45, 7) is 5.98. The van der Waals surface area contributed by atoms with Crippen LogP contribution in [0.15, 0.2) is 30.5 Å². The molecular formula is C16H20N2O. The maximum atomic E-state index is 11.0. The van der Waals surface area contributed by atoms with Crippen molar-refractivity contribution in [1.29, 1.82) is 0 Å². The first-order chi connectivity index (χ1) is 9.06. The highest BCUT2D eigenvalue weighted by Gasteiger charge is 2.05. The fourth-order valence-electron chi connectivity index (χ4n) is 1.98. The molecule has 3 heteroatoms. The number of Topliss-reactive ketones (excluding diaryl/α,β-unsaturated/α-hetero) is 1. The largest absolute Gasteiger partial charge is 0.342 e. The van der Waals surface area contributed by atoms with Crippen molar-refractivity contribution in [3.05, 3.63) is 41.9 Å². The van der Waals surface area contributed by atoms with Crippen LogP contribution in [0.1, 0.15) is 44.5 Å². The number of imidazole rings is 1. The molecule has 1 heterocycles. The van der Waals surface area contributed by atoms with Crippen LogP contribution < -0.4 is 0 Å². The van der Waals surface area contributed by atoms with Crippen molar-refractivity contribution in [1.82, 2.24) is 9.97 Å². The molecule has 0 atom stereocenters. The number of aromatic nitrogens is 2. The average Bonchev–Trinajstić information content (AvgIpc) is 2.85. The zero-order valence-electron chi connectivity index (χ0n) is 11.7. The van der Waals surface area contributed by atoms with Crippen molar-refractivity contribution in [3.63, 3.8) is 0 Å². The van der Waals surface area contributed by atoms with E-state index >= 15 is 0 Å². The molecule has 1 aromatic heterocycles. The Bertz CT molecular complexity index is 552. The van der Waals surface area contributed by atoms with E-state index in [1.165, 1.54) is 5.56 Å². The van der Waals surface area contributed by atoms with Gasteiger partial charge in [-0.3, -0.25) is 0 Å². The van der Waals surface area contributed by atoms with Crippen LogP contribution in [0.25, 0.3) is 11.3 Å². The van der Waals surface area contributed by atoms with Gasteiger partial charge in [-0.25, -0.2) is 4.98 Å². The summed E-state index contributed by atoms with van der Waals surface area (Å²) in [5, 5.41) is 0. The molecule has 1 aromatic carbocycles. The van der Waals surface area contributed by atoms with Gasteiger partial charge in [0.1, 0.15) is 11.6 Å². The monoisotopic (exact) mass is 256 g/mol. The first-order valence-electron chi connectivity index (χ1n) is 6.70. The standard InChI is InChI=1S/C16H20N2O/c1-11(2)13-5-7-14(8-6-13)15-10-17-16(18-15)9-4-12(3)19/h5-8,10-11H,4,9H2,1-3H3,(H,17,18). The molecule has 0 aliphatic heterocycles. The predicted molar refractivity (Wildman–Crippen MR) is 77.1 cm³/mol. The Morgan fingerprint density at radius 3 is 2.53 bits per heavy atom. The quantitative estimate of drug-likeness (QED) is 0.886. The van der Waals surface area contributed by atoms with E-state index < -0.39 is 0 Å². The number of rotatable bonds is 5. The van der Waals surface area contributed by atoms with Gasteiger partial charge in [-0.1, -0.05) is 38.1 Å². The third-order valence-corrected chi connectivity index (χ3v) is 3.23. The summed E-state index contributed by atoms with van der Waals surface area (Å²) >= 11 is 0. The number of hydrogen-bond acceptors (Lipinski definition) is 2. The van der Waals surface area contributed by atoms with Crippen molar-refractivity contribution < 1.29 is 4.79 Å². The predicted octanol–water partition coefficient (Wildman–Crippen LogP) is 3.72. The van der Waals surface area contributed by atoms with Gasteiger partial charge in [0.05, 0.1) is 11.9 Å². The Balaban J connectivity index is 2.11. The van der Waals surface area contributed by atoms with Crippen molar-refractivity contribution in [2.45, 2.75) is 39.5 Å². The van der Waals surface area contributed by atoms with E-state index in [0.29, 0.717) is 18.8 Å². The molecule has 0 saturated carbocycles. The van der Waals surface area contributed by atoms with Crippen LogP contribution in [0.5, 0.6) is 0 Å².